The average molecular weight is 303 g/mol. The molecule has 0 heterocycles. The molecular weight excluding hydrogens is 301 g/mol. The van der Waals surface area contributed by atoms with Crippen LogP contribution >= 0.6 is 8.25 Å². The van der Waals surface area contributed by atoms with Crippen molar-refractivity contribution in [2.45, 2.75) is 12.4 Å². The van der Waals surface area contributed by atoms with Crippen molar-refractivity contribution in [3.63, 3.8) is 0 Å². The SMILES string of the molecule is O=C(NO[P+](=O)ONC(=O)C(F)(F)F)C(F)(F)F. The van der Waals surface area contributed by atoms with E-state index in [0.29, 0.717) is 11.0 Å². The Hall–Kier alpha value is -1.46. The lowest BCUT2D eigenvalue weighted by Gasteiger charge is -2.02. The van der Waals surface area contributed by atoms with E-state index >= 15 is 0 Å². The minimum atomic E-state index is -5.36. The Balaban J connectivity index is 4.01. The third-order valence-electron chi connectivity index (χ3n) is 0.941. The van der Waals surface area contributed by atoms with Gasteiger partial charge in [0.25, 0.3) is 0 Å². The van der Waals surface area contributed by atoms with E-state index < -0.39 is 32.4 Å². The summed E-state index contributed by atoms with van der Waals surface area (Å²) in [4.78, 5) is 20.1. The Labute approximate surface area is 94.3 Å². The van der Waals surface area contributed by atoms with E-state index in [1.807, 2.05) is 0 Å². The zero-order valence-corrected chi connectivity index (χ0v) is 8.65. The molecular formula is C4H2F6N2O5P+. The van der Waals surface area contributed by atoms with Crippen LogP contribution in [0.5, 0.6) is 0 Å². The van der Waals surface area contributed by atoms with E-state index in [9.17, 15) is 40.5 Å². The Kier molecular flexibility index (Phi) is 5.45. The number of carbonyl (C=O) groups is 2. The van der Waals surface area contributed by atoms with Gasteiger partial charge in [-0.3, -0.25) is 9.59 Å². The van der Waals surface area contributed by atoms with Gasteiger partial charge < -0.3 is 0 Å². The number of hydroxylamine groups is 2. The van der Waals surface area contributed by atoms with E-state index in [0.717, 1.165) is 0 Å². The highest BCUT2D eigenvalue weighted by Gasteiger charge is 2.43. The highest BCUT2D eigenvalue weighted by atomic mass is 31.1. The molecule has 2 amide bonds. The molecule has 0 atom stereocenters. The minimum absolute atomic E-state index is 0.580. The lowest BCUT2D eigenvalue weighted by atomic mass is 10.6. The summed E-state index contributed by atoms with van der Waals surface area (Å²) in [6, 6.07) is 0. The number of amides is 2. The van der Waals surface area contributed by atoms with Crippen LogP contribution in [0.1, 0.15) is 0 Å². The molecule has 14 heteroatoms. The zero-order valence-electron chi connectivity index (χ0n) is 7.76. The monoisotopic (exact) mass is 303 g/mol. The van der Waals surface area contributed by atoms with Crippen molar-refractivity contribution in [1.82, 2.24) is 11.0 Å². The molecule has 0 aliphatic rings. The molecule has 0 aromatic carbocycles. The second kappa shape index (κ2) is 5.93. The molecule has 2 N–H and O–H groups in total. The maximum Gasteiger partial charge on any atom is 0.746 e. The number of nitrogens with one attached hydrogen (secondary N) is 2. The number of carbonyl (C=O) groups excluding carboxylic acids is 2. The molecule has 0 saturated carbocycles. The molecule has 104 valence electrons. The standard InChI is InChI=1S/C4HF6N2O5P/c5-3(6,7)1(13)11-16-18(15)17-12-2(14)4(8,9)10/h(H-,11,12,13,14)/p+1. The van der Waals surface area contributed by atoms with E-state index in [1.54, 1.807) is 0 Å². The summed E-state index contributed by atoms with van der Waals surface area (Å²) in [5.41, 5.74) is 1.16. The molecule has 0 spiro atoms. The maximum absolute atomic E-state index is 11.5. The minimum Gasteiger partial charge on any atom is -0.262 e. The summed E-state index contributed by atoms with van der Waals surface area (Å²) in [6.45, 7) is 0. The van der Waals surface area contributed by atoms with Gasteiger partial charge in [0, 0.05) is 13.8 Å². The van der Waals surface area contributed by atoms with Gasteiger partial charge in [0.2, 0.25) is 0 Å². The fraction of sp³-hybridized carbons (Fsp3) is 0.500. The van der Waals surface area contributed by atoms with E-state index in [4.69, 9.17) is 0 Å². The highest BCUT2D eigenvalue weighted by Crippen LogP contribution is 2.23. The average Bonchev–Trinajstić information content (AvgIpc) is 2.19. The van der Waals surface area contributed by atoms with Crippen LogP contribution in [0, 0.1) is 0 Å². The quantitative estimate of drug-likeness (QED) is 0.456. The summed E-state index contributed by atoms with van der Waals surface area (Å²) >= 11 is 0. The fourth-order valence-corrected chi connectivity index (χ4v) is 0.644. The largest absolute Gasteiger partial charge is 0.746 e. The molecule has 0 fully saturated rings. The fourth-order valence-electron chi connectivity index (χ4n) is 0.292. The predicted octanol–water partition coefficient (Wildman–Crippen LogP) is 0.864. The number of hydrogen-bond acceptors (Lipinski definition) is 5. The molecule has 0 radical (unpaired) electrons. The van der Waals surface area contributed by atoms with Gasteiger partial charge >= 0.3 is 32.4 Å². The normalized spacial score (nSPS) is 11.9. The van der Waals surface area contributed by atoms with E-state index in [1.165, 1.54) is 0 Å². The van der Waals surface area contributed by atoms with Crippen LogP contribution in [0.4, 0.5) is 26.3 Å². The molecule has 0 aliphatic heterocycles. The Morgan fingerprint density at radius 1 is 0.833 bits per heavy atom. The second-order valence-corrected chi connectivity index (χ2v) is 3.08. The lowest BCUT2D eigenvalue weighted by Crippen LogP contribution is -2.37. The van der Waals surface area contributed by atoms with Crippen molar-refractivity contribution in [3.8, 4) is 0 Å². The molecule has 0 saturated heterocycles. The first-order valence-electron chi connectivity index (χ1n) is 3.50. The van der Waals surface area contributed by atoms with Gasteiger partial charge in [0.15, 0.2) is 0 Å². The molecule has 18 heavy (non-hydrogen) atoms. The van der Waals surface area contributed by atoms with Crippen molar-refractivity contribution in [2.24, 2.45) is 0 Å². The molecule has 0 aromatic heterocycles. The molecule has 0 rings (SSSR count). The van der Waals surface area contributed by atoms with Crippen LogP contribution in [0.3, 0.4) is 0 Å². The predicted molar refractivity (Wildman–Crippen MR) is 38.2 cm³/mol. The third-order valence-corrected chi connectivity index (χ3v) is 1.42. The van der Waals surface area contributed by atoms with Crippen LogP contribution in [-0.4, -0.2) is 24.2 Å². The lowest BCUT2D eigenvalue weighted by molar-refractivity contribution is -0.183. The smallest absolute Gasteiger partial charge is 0.262 e. The Morgan fingerprint density at radius 2 is 1.11 bits per heavy atom. The summed E-state index contributed by atoms with van der Waals surface area (Å²) in [6.07, 6.45) is -10.7. The summed E-state index contributed by atoms with van der Waals surface area (Å²) in [5.74, 6) is -5.34. The van der Waals surface area contributed by atoms with E-state index in [-0.39, 0.29) is 0 Å². The van der Waals surface area contributed by atoms with Gasteiger partial charge in [-0.2, -0.15) is 37.3 Å². The van der Waals surface area contributed by atoms with E-state index in [2.05, 4.69) is 9.25 Å². The van der Waals surface area contributed by atoms with Gasteiger partial charge in [-0.1, -0.05) is 0 Å². The van der Waals surface area contributed by atoms with Crippen LogP contribution < -0.4 is 11.0 Å². The molecule has 0 bridgehead atoms. The second-order valence-electron chi connectivity index (χ2n) is 2.26. The summed E-state index contributed by atoms with van der Waals surface area (Å²) < 4.78 is 86.3. The van der Waals surface area contributed by atoms with Crippen molar-refractivity contribution in [2.75, 3.05) is 0 Å². The van der Waals surface area contributed by atoms with Gasteiger partial charge in [0.1, 0.15) is 0 Å². The summed E-state index contributed by atoms with van der Waals surface area (Å²) in [5, 5.41) is 0. The Bertz CT molecular complexity index is 321. The van der Waals surface area contributed by atoms with Crippen molar-refractivity contribution >= 4 is 20.1 Å². The first kappa shape index (κ1) is 16.5. The molecule has 0 aromatic rings. The van der Waals surface area contributed by atoms with Crippen molar-refractivity contribution < 1.29 is 49.7 Å². The van der Waals surface area contributed by atoms with Crippen molar-refractivity contribution in [3.05, 3.63) is 0 Å². The van der Waals surface area contributed by atoms with Crippen LogP contribution in [0.2, 0.25) is 0 Å². The third kappa shape index (κ3) is 6.32. The van der Waals surface area contributed by atoms with Gasteiger partial charge in [-0.05, 0) is 0 Å². The molecule has 0 unspecified atom stereocenters. The highest BCUT2D eigenvalue weighted by molar-refractivity contribution is 7.33. The van der Waals surface area contributed by atoms with Gasteiger partial charge in [-0.15, -0.1) is 0 Å². The Morgan fingerprint density at radius 3 is 1.33 bits per heavy atom. The van der Waals surface area contributed by atoms with Crippen LogP contribution in [-0.2, 0) is 23.4 Å². The van der Waals surface area contributed by atoms with Gasteiger partial charge in [0.05, 0.1) is 0 Å². The number of rotatable bonds is 4. The first-order valence-corrected chi connectivity index (χ1v) is 4.59. The summed E-state index contributed by atoms with van der Waals surface area (Å²) in [7, 11) is -3.65. The molecule has 0 aliphatic carbocycles. The van der Waals surface area contributed by atoms with Crippen molar-refractivity contribution in [1.29, 1.82) is 0 Å². The number of hydrogen-bond donors (Lipinski definition) is 2. The maximum atomic E-state index is 11.5. The zero-order chi connectivity index (χ0) is 14.6. The number of halogens is 6. The topological polar surface area (TPSA) is 93.7 Å². The van der Waals surface area contributed by atoms with Crippen LogP contribution in [0.15, 0.2) is 0 Å². The van der Waals surface area contributed by atoms with Gasteiger partial charge in [-0.25, -0.2) is 0 Å². The molecule has 7 nitrogen and oxygen atoms in total. The number of alkyl halides is 6. The first-order chi connectivity index (χ1) is 7.94. The van der Waals surface area contributed by atoms with Crippen LogP contribution in [0.25, 0.3) is 0 Å².